The summed E-state index contributed by atoms with van der Waals surface area (Å²) in [5.41, 5.74) is 0. The lowest BCUT2D eigenvalue weighted by molar-refractivity contribution is 0.149. The molecule has 0 spiro atoms. The van der Waals surface area contributed by atoms with Crippen molar-refractivity contribution in [2.75, 3.05) is 25.1 Å². The third-order valence-electron chi connectivity index (χ3n) is 2.47. The lowest BCUT2D eigenvalue weighted by Crippen LogP contribution is -2.28. The van der Waals surface area contributed by atoms with E-state index in [-0.39, 0.29) is 6.10 Å². The van der Waals surface area contributed by atoms with E-state index in [0.717, 1.165) is 13.1 Å². The first kappa shape index (κ1) is 11.3. The molecule has 78 valence electrons. The van der Waals surface area contributed by atoms with Gasteiger partial charge in [-0.1, -0.05) is 0 Å². The molecule has 1 aliphatic rings. The maximum absolute atomic E-state index is 9.53. The Labute approximate surface area is 85.5 Å². The zero-order chi connectivity index (χ0) is 9.52. The van der Waals surface area contributed by atoms with E-state index >= 15 is 0 Å². The minimum Gasteiger partial charge on any atom is -0.392 e. The summed E-state index contributed by atoms with van der Waals surface area (Å²) in [4.78, 5) is 0. The number of unbranched alkanes of at least 4 members (excludes halogenated alkanes) is 1. The Morgan fingerprint density at radius 1 is 1.46 bits per heavy atom. The molecule has 2 nitrogen and oxygen atoms in total. The number of hydrogen-bond acceptors (Lipinski definition) is 3. The summed E-state index contributed by atoms with van der Waals surface area (Å²) in [6.07, 6.45) is 7.04. The molecule has 1 fully saturated rings. The Morgan fingerprint density at radius 2 is 2.23 bits per heavy atom. The van der Waals surface area contributed by atoms with Gasteiger partial charge in [0.15, 0.2) is 0 Å². The van der Waals surface area contributed by atoms with Crippen LogP contribution in [0, 0.1) is 5.92 Å². The molecule has 0 saturated heterocycles. The number of rotatable bonds is 8. The van der Waals surface area contributed by atoms with E-state index in [0.29, 0.717) is 5.92 Å². The summed E-state index contributed by atoms with van der Waals surface area (Å²) in [6, 6.07) is 0. The van der Waals surface area contributed by atoms with Crippen LogP contribution in [0.5, 0.6) is 0 Å². The highest BCUT2D eigenvalue weighted by molar-refractivity contribution is 7.98. The lowest BCUT2D eigenvalue weighted by Gasteiger charge is -2.09. The summed E-state index contributed by atoms with van der Waals surface area (Å²) < 4.78 is 0. The van der Waals surface area contributed by atoms with Crippen molar-refractivity contribution in [3.05, 3.63) is 0 Å². The van der Waals surface area contributed by atoms with Gasteiger partial charge in [0.05, 0.1) is 6.10 Å². The van der Waals surface area contributed by atoms with Gasteiger partial charge in [-0.15, -0.1) is 0 Å². The van der Waals surface area contributed by atoms with Gasteiger partial charge in [0.1, 0.15) is 0 Å². The third-order valence-corrected chi connectivity index (χ3v) is 3.17. The molecule has 1 atom stereocenters. The molecule has 13 heavy (non-hydrogen) atoms. The van der Waals surface area contributed by atoms with Crippen molar-refractivity contribution < 1.29 is 5.11 Å². The van der Waals surface area contributed by atoms with Crippen LogP contribution in [0.1, 0.15) is 25.7 Å². The molecule has 1 saturated carbocycles. The van der Waals surface area contributed by atoms with E-state index in [1.807, 2.05) is 11.8 Å². The van der Waals surface area contributed by atoms with Crippen LogP contribution in [-0.2, 0) is 0 Å². The molecule has 0 aromatic rings. The number of hydrogen-bond donors (Lipinski definition) is 2. The maximum atomic E-state index is 9.53. The zero-order valence-electron chi connectivity index (χ0n) is 8.46. The van der Waals surface area contributed by atoms with Gasteiger partial charge in [0.25, 0.3) is 0 Å². The normalized spacial score (nSPS) is 18.9. The van der Waals surface area contributed by atoms with Crippen molar-refractivity contribution in [2.45, 2.75) is 31.8 Å². The van der Waals surface area contributed by atoms with Gasteiger partial charge < -0.3 is 10.4 Å². The van der Waals surface area contributed by atoms with E-state index in [4.69, 9.17) is 0 Å². The molecule has 0 bridgehead atoms. The predicted octanol–water partition coefficient (Wildman–Crippen LogP) is 1.49. The van der Waals surface area contributed by atoms with Crippen LogP contribution in [0.3, 0.4) is 0 Å². The van der Waals surface area contributed by atoms with E-state index in [9.17, 15) is 5.11 Å². The topological polar surface area (TPSA) is 32.3 Å². The highest BCUT2D eigenvalue weighted by Crippen LogP contribution is 2.32. The van der Waals surface area contributed by atoms with Gasteiger partial charge >= 0.3 is 0 Å². The lowest BCUT2D eigenvalue weighted by atomic mass is 10.2. The summed E-state index contributed by atoms with van der Waals surface area (Å²) in [7, 11) is 0. The molecular formula is C10H21NOS. The fourth-order valence-corrected chi connectivity index (χ4v) is 1.89. The van der Waals surface area contributed by atoms with E-state index < -0.39 is 0 Å². The van der Waals surface area contributed by atoms with E-state index in [1.54, 1.807) is 0 Å². The Kier molecular flexibility index (Phi) is 5.83. The molecule has 0 heterocycles. The summed E-state index contributed by atoms with van der Waals surface area (Å²) >= 11 is 1.90. The number of aliphatic hydroxyl groups is 1. The zero-order valence-corrected chi connectivity index (χ0v) is 9.28. The van der Waals surface area contributed by atoms with Gasteiger partial charge in [0, 0.05) is 6.54 Å². The van der Waals surface area contributed by atoms with Crippen LogP contribution in [0.2, 0.25) is 0 Å². The van der Waals surface area contributed by atoms with Crippen molar-refractivity contribution in [1.82, 2.24) is 5.32 Å². The molecule has 2 N–H and O–H groups in total. The van der Waals surface area contributed by atoms with Gasteiger partial charge in [-0.25, -0.2) is 0 Å². The highest BCUT2D eigenvalue weighted by atomic mass is 32.2. The molecule has 1 unspecified atom stereocenters. The first-order valence-electron chi connectivity index (χ1n) is 5.22. The number of aliphatic hydroxyl groups excluding tert-OH is 1. The quantitative estimate of drug-likeness (QED) is 0.586. The predicted molar refractivity (Wildman–Crippen MR) is 59.2 cm³/mol. The fourth-order valence-electron chi connectivity index (χ4n) is 1.39. The summed E-state index contributed by atoms with van der Waals surface area (Å²) in [5, 5.41) is 12.8. The second kappa shape index (κ2) is 6.68. The number of thioether (sulfide) groups is 1. The van der Waals surface area contributed by atoms with Crippen LogP contribution in [0.25, 0.3) is 0 Å². The first-order valence-corrected chi connectivity index (χ1v) is 6.61. The van der Waals surface area contributed by atoms with Crippen LogP contribution >= 0.6 is 11.8 Å². The van der Waals surface area contributed by atoms with E-state index in [1.165, 1.54) is 31.4 Å². The standard InChI is InChI=1S/C10H21NOS/c1-13-7-3-2-6-11-8-10(12)9-4-5-9/h9-12H,2-8H2,1H3. The Hall–Kier alpha value is 0.270. The molecule has 1 rings (SSSR count). The van der Waals surface area contributed by atoms with Gasteiger partial charge in [-0.2, -0.15) is 11.8 Å². The van der Waals surface area contributed by atoms with Gasteiger partial charge in [-0.3, -0.25) is 0 Å². The monoisotopic (exact) mass is 203 g/mol. The molecule has 0 amide bonds. The highest BCUT2D eigenvalue weighted by Gasteiger charge is 2.28. The SMILES string of the molecule is CSCCCCNCC(O)C1CC1. The van der Waals surface area contributed by atoms with Crippen molar-refractivity contribution in [3.8, 4) is 0 Å². The average molecular weight is 203 g/mol. The van der Waals surface area contributed by atoms with Gasteiger partial charge in [0.2, 0.25) is 0 Å². The molecule has 3 heteroatoms. The van der Waals surface area contributed by atoms with Crippen molar-refractivity contribution in [3.63, 3.8) is 0 Å². The molecular weight excluding hydrogens is 182 g/mol. The molecule has 1 aliphatic carbocycles. The first-order chi connectivity index (χ1) is 6.34. The summed E-state index contributed by atoms with van der Waals surface area (Å²) in [6.45, 7) is 1.86. The Morgan fingerprint density at radius 3 is 2.85 bits per heavy atom. The Balaban J connectivity index is 1.77. The van der Waals surface area contributed by atoms with Crippen molar-refractivity contribution >= 4 is 11.8 Å². The van der Waals surface area contributed by atoms with E-state index in [2.05, 4.69) is 11.6 Å². The largest absolute Gasteiger partial charge is 0.392 e. The van der Waals surface area contributed by atoms with Crippen molar-refractivity contribution in [1.29, 1.82) is 0 Å². The second-order valence-electron chi connectivity index (χ2n) is 3.81. The van der Waals surface area contributed by atoms with Gasteiger partial charge in [-0.05, 0) is 50.2 Å². The average Bonchev–Trinajstić information content (AvgIpc) is 2.93. The molecule has 0 aromatic carbocycles. The Bertz CT molecular complexity index is 128. The van der Waals surface area contributed by atoms with Crippen LogP contribution in [0.4, 0.5) is 0 Å². The minimum absolute atomic E-state index is 0.0828. The summed E-state index contributed by atoms with van der Waals surface area (Å²) in [5.74, 6) is 1.87. The molecule has 0 aliphatic heterocycles. The van der Waals surface area contributed by atoms with Crippen molar-refractivity contribution in [2.24, 2.45) is 5.92 Å². The van der Waals surface area contributed by atoms with Crippen LogP contribution < -0.4 is 5.32 Å². The molecule has 0 radical (unpaired) electrons. The van der Waals surface area contributed by atoms with Crippen LogP contribution in [0.15, 0.2) is 0 Å². The smallest absolute Gasteiger partial charge is 0.0692 e. The fraction of sp³-hybridized carbons (Fsp3) is 1.00. The number of nitrogens with one attached hydrogen (secondary N) is 1. The van der Waals surface area contributed by atoms with Crippen LogP contribution in [-0.4, -0.2) is 36.3 Å². The molecule has 0 aromatic heterocycles. The minimum atomic E-state index is -0.0828. The maximum Gasteiger partial charge on any atom is 0.0692 e. The third kappa shape index (κ3) is 5.55. The second-order valence-corrected chi connectivity index (χ2v) is 4.79.